The molecule has 0 bridgehead atoms. The Bertz CT molecular complexity index is 730. The SMILES string of the molecule is CN(C)C(=O)COC1CSC2(C1)CN(C(=O)c1ccc3c(c1)COC3)C2. The van der Waals surface area contributed by atoms with Gasteiger partial charge in [0.25, 0.3) is 5.91 Å². The maximum atomic E-state index is 12.7. The minimum atomic E-state index is -0.0121. The molecule has 1 atom stereocenters. The lowest BCUT2D eigenvalue weighted by molar-refractivity contribution is -0.135. The average Bonchev–Trinajstić information content (AvgIpc) is 3.23. The summed E-state index contributed by atoms with van der Waals surface area (Å²) >= 11 is 1.87. The second-order valence-corrected chi connectivity index (χ2v) is 9.04. The first-order valence-corrected chi connectivity index (χ1v) is 9.89. The van der Waals surface area contributed by atoms with E-state index < -0.39 is 0 Å². The number of hydrogen-bond donors (Lipinski definition) is 0. The molecule has 140 valence electrons. The van der Waals surface area contributed by atoms with Gasteiger partial charge in [0.2, 0.25) is 5.91 Å². The Balaban J connectivity index is 1.30. The molecule has 3 heterocycles. The summed E-state index contributed by atoms with van der Waals surface area (Å²) in [6.07, 6.45) is 0.999. The number of likely N-dealkylation sites (tertiary alicyclic amines) is 1. The number of amides is 2. The molecule has 7 heteroatoms. The number of hydrogen-bond acceptors (Lipinski definition) is 5. The molecule has 6 nitrogen and oxygen atoms in total. The van der Waals surface area contributed by atoms with E-state index in [2.05, 4.69) is 0 Å². The summed E-state index contributed by atoms with van der Waals surface area (Å²) in [6, 6.07) is 5.87. The predicted molar refractivity (Wildman–Crippen MR) is 99.1 cm³/mol. The lowest BCUT2D eigenvalue weighted by atomic mass is 9.92. The van der Waals surface area contributed by atoms with Gasteiger partial charge in [-0.05, 0) is 29.7 Å². The summed E-state index contributed by atoms with van der Waals surface area (Å²) in [7, 11) is 3.47. The van der Waals surface area contributed by atoms with Gasteiger partial charge in [0.1, 0.15) is 6.61 Å². The summed E-state index contributed by atoms with van der Waals surface area (Å²) in [5, 5.41) is 0. The number of rotatable bonds is 4. The molecule has 3 aliphatic rings. The van der Waals surface area contributed by atoms with Gasteiger partial charge in [-0.2, -0.15) is 0 Å². The zero-order valence-corrected chi connectivity index (χ0v) is 16.0. The Morgan fingerprint density at radius 3 is 2.85 bits per heavy atom. The number of thioether (sulfide) groups is 1. The molecule has 26 heavy (non-hydrogen) atoms. The van der Waals surface area contributed by atoms with E-state index in [9.17, 15) is 9.59 Å². The molecule has 2 fully saturated rings. The number of nitrogens with zero attached hydrogens (tertiary/aromatic N) is 2. The molecule has 2 amide bonds. The first-order chi connectivity index (χ1) is 12.5. The van der Waals surface area contributed by atoms with Crippen molar-refractivity contribution in [3.05, 3.63) is 34.9 Å². The van der Waals surface area contributed by atoms with Gasteiger partial charge in [-0.1, -0.05) is 6.07 Å². The van der Waals surface area contributed by atoms with E-state index >= 15 is 0 Å². The van der Waals surface area contributed by atoms with E-state index in [1.807, 2.05) is 34.9 Å². The number of likely N-dealkylation sites (N-methyl/N-ethyl adjacent to an activating group) is 1. The van der Waals surface area contributed by atoms with Crippen LogP contribution in [0.25, 0.3) is 0 Å². The number of carbonyl (C=O) groups is 2. The maximum absolute atomic E-state index is 12.7. The number of fused-ring (bicyclic) bond motifs is 1. The van der Waals surface area contributed by atoms with Crippen LogP contribution >= 0.6 is 11.8 Å². The van der Waals surface area contributed by atoms with Gasteiger partial charge in [-0.25, -0.2) is 0 Å². The van der Waals surface area contributed by atoms with E-state index in [-0.39, 0.29) is 29.3 Å². The predicted octanol–water partition coefficient (Wildman–Crippen LogP) is 1.52. The van der Waals surface area contributed by atoms with Crippen molar-refractivity contribution in [3.63, 3.8) is 0 Å². The highest BCUT2D eigenvalue weighted by atomic mass is 32.2. The quantitative estimate of drug-likeness (QED) is 0.798. The van der Waals surface area contributed by atoms with Crippen molar-refractivity contribution in [3.8, 4) is 0 Å². The lowest BCUT2D eigenvalue weighted by Gasteiger charge is -2.47. The second kappa shape index (κ2) is 6.87. The van der Waals surface area contributed by atoms with Crippen molar-refractivity contribution < 1.29 is 19.1 Å². The minimum absolute atomic E-state index is 0.0121. The van der Waals surface area contributed by atoms with Gasteiger partial charge in [0, 0.05) is 38.5 Å². The van der Waals surface area contributed by atoms with Crippen LogP contribution in [-0.2, 0) is 27.5 Å². The van der Waals surface area contributed by atoms with Crippen molar-refractivity contribution in [2.24, 2.45) is 0 Å². The average molecular weight is 376 g/mol. The highest BCUT2D eigenvalue weighted by Crippen LogP contribution is 2.46. The molecule has 0 N–H and O–H groups in total. The van der Waals surface area contributed by atoms with Crippen LogP contribution in [0, 0.1) is 0 Å². The van der Waals surface area contributed by atoms with Gasteiger partial charge in [0.05, 0.1) is 24.1 Å². The Kier molecular flexibility index (Phi) is 4.71. The maximum Gasteiger partial charge on any atom is 0.253 e. The molecule has 1 unspecified atom stereocenters. The van der Waals surface area contributed by atoms with Gasteiger partial charge in [0.15, 0.2) is 0 Å². The van der Waals surface area contributed by atoms with Crippen LogP contribution in [0.5, 0.6) is 0 Å². The van der Waals surface area contributed by atoms with Crippen LogP contribution in [0.4, 0.5) is 0 Å². The molecule has 1 aromatic carbocycles. The first kappa shape index (κ1) is 17.8. The van der Waals surface area contributed by atoms with Crippen molar-refractivity contribution in [2.45, 2.75) is 30.5 Å². The van der Waals surface area contributed by atoms with Crippen LogP contribution in [0.3, 0.4) is 0 Å². The molecule has 0 saturated carbocycles. The van der Waals surface area contributed by atoms with Crippen LogP contribution in [0.15, 0.2) is 18.2 Å². The molecule has 1 spiro atoms. The first-order valence-electron chi connectivity index (χ1n) is 8.90. The van der Waals surface area contributed by atoms with Gasteiger partial charge in [-0.3, -0.25) is 9.59 Å². The van der Waals surface area contributed by atoms with Gasteiger partial charge < -0.3 is 19.3 Å². The zero-order valence-electron chi connectivity index (χ0n) is 15.2. The van der Waals surface area contributed by atoms with Crippen LogP contribution in [0.1, 0.15) is 27.9 Å². The fourth-order valence-corrected chi connectivity index (χ4v) is 5.28. The molecule has 0 aromatic heterocycles. The van der Waals surface area contributed by atoms with Crippen molar-refractivity contribution in [1.29, 1.82) is 0 Å². The number of ether oxygens (including phenoxy) is 2. The Labute approximate surface area is 157 Å². The van der Waals surface area contributed by atoms with Crippen molar-refractivity contribution in [2.75, 3.05) is 39.5 Å². The largest absolute Gasteiger partial charge is 0.372 e. The van der Waals surface area contributed by atoms with Gasteiger partial charge >= 0.3 is 0 Å². The number of carbonyl (C=O) groups excluding carboxylic acids is 2. The molecule has 0 aliphatic carbocycles. The van der Waals surface area contributed by atoms with Crippen LogP contribution in [-0.4, -0.2) is 72.0 Å². The smallest absolute Gasteiger partial charge is 0.253 e. The number of benzene rings is 1. The second-order valence-electron chi connectivity index (χ2n) is 7.56. The Morgan fingerprint density at radius 2 is 2.08 bits per heavy atom. The van der Waals surface area contributed by atoms with E-state index in [1.165, 1.54) is 5.56 Å². The Hall–Kier alpha value is -1.57. The van der Waals surface area contributed by atoms with Crippen LogP contribution in [0.2, 0.25) is 0 Å². The molecular weight excluding hydrogens is 352 g/mol. The summed E-state index contributed by atoms with van der Waals surface area (Å²) < 4.78 is 11.3. The molecular formula is C19H24N2O4S. The highest BCUT2D eigenvalue weighted by Gasteiger charge is 2.51. The molecule has 1 aromatic rings. The van der Waals surface area contributed by atoms with Crippen molar-refractivity contribution >= 4 is 23.6 Å². The Morgan fingerprint density at radius 1 is 1.31 bits per heavy atom. The fraction of sp³-hybridized carbons (Fsp3) is 0.579. The van der Waals surface area contributed by atoms with E-state index in [0.29, 0.717) is 13.2 Å². The summed E-state index contributed by atoms with van der Waals surface area (Å²) in [6.45, 7) is 2.89. The monoisotopic (exact) mass is 376 g/mol. The lowest BCUT2D eigenvalue weighted by Crippen LogP contribution is -2.60. The molecule has 0 radical (unpaired) electrons. The normalized spacial score (nSPS) is 23.0. The molecule has 3 aliphatic heterocycles. The van der Waals surface area contributed by atoms with Crippen LogP contribution < -0.4 is 0 Å². The summed E-state index contributed by atoms with van der Waals surface area (Å²) in [5.74, 6) is 0.971. The third kappa shape index (κ3) is 3.35. The fourth-order valence-electron chi connectivity index (χ4n) is 3.73. The highest BCUT2D eigenvalue weighted by molar-refractivity contribution is 8.01. The summed E-state index contributed by atoms with van der Waals surface area (Å²) in [5.41, 5.74) is 3.05. The third-order valence-electron chi connectivity index (χ3n) is 5.33. The third-order valence-corrected chi connectivity index (χ3v) is 6.91. The molecule has 2 saturated heterocycles. The minimum Gasteiger partial charge on any atom is -0.372 e. The zero-order chi connectivity index (χ0) is 18.3. The van der Waals surface area contributed by atoms with E-state index in [1.54, 1.807) is 19.0 Å². The molecule has 4 rings (SSSR count). The van der Waals surface area contributed by atoms with E-state index in [0.717, 1.165) is 36.4 Å². The summed E-state index contributed by atoms with van der Waals surface area (Å²) in [4.78, 5) is 27.8. The topological polar surface area (TPSA) is 59.1 Å². The standard InChI is InChI=1S/C19H24N2O4S/c1-20(2)17(22)9-25-16-6-19(26-10-16)11-21(12-19)18(23)13-3-4-14-7-24-8-15(14)5-13/h3-5,16H,6-12H2,1-2H3. The van der Waals surface area contributed by atoms with Gasteiger partial charge in [-0.15, -0.1) is 11.8 Å². The van der Waals surface area contributed by atoms with Crippen molar-refractivity contribution in [1.82, 2.24) is 9.80 Å². The van der Waals surface area contributed by atoms with E-state index in [4.69, 9.17) is 9.47 Å².